The van der Waals surface area contributed by atoms with Crippen LogP contribution in [0.4, 0.5) is 0 Å². The van der Waals surface area contributed by atoms with Crippen LogP contribution >= 0.6 is 23.2 Å². The van der Waals surface area contributed by atoms with Gasteiger partial charge >= 0.3 is 0 Å². The van der Waals surface area contributed by atoms with Crippen molar-refractivity contribution in [2.75, 3.05) is 0 Å². The van der Waals surface area contributed by atoms with Gasteiger partial charge in [0.2, 0.25) is 0 Å². The fourth-order valence-corrected chi connectivity index (χ4v) is 2.39. The van der Waals surface area contributed by atoms with E-state index in [2.05, 4.69) is 0 Å². The highest BCUT2D eigenvalue weighted by Crippen LogP contribution is 2.45. The molecule has 2 nitrogen and oxygen atoms in total. The first-order valence-electron chi connectivity index (χ1n) is 4.11. The minimum atomic E-state index is -0.682. The van der Waals surface area contributed by atoms with E-state index in [1.807, 2.05) is 12.2 Å². The summed E-state index contributed by atoms with van der Waals surface area (Å²) in [7, 11) is 0. The Bertz CT molecular complexity index is 276. The lowest BCUT2D eigenvalue weighted by Crippen LogP contribution is -2.57. The Morgan fingerprint density at radius 3 is 2.00 bits per heavy atom. The summed E-state index contributed by atoms with van der Waals surface area (Å²) in [5.74, 6) is -0.149. The standard InChI is InChI=1S/C9H10Cl2O2/c1-8-3-4-9(2,13-8)7(11)5(12)6(8)10/h3-4,6-7H,1-2H3/t6-,7+,8-,9-/m1/s1. The van der Waals surface area contributed by atoms with Gasteiger partial charge in [0.05, 0.1) is 0 Å². The lowest BCUT2D eigenvalue weighted by Gasteiger charge is -2.41. The first-order chi connectivity index (χ1) is 5.89. The monoisotopic (exact) mass is 220 g/mol. The van der Waals surface area contributed by atoms with Gasteiger partial charge in [-0.1, -0.05) is 12.2 Å². The zero-order valence-electron chi connectivity index (χ0n) is 7.38. The summed E-state index contributed by atoms with van der Waals surface area (Å²) in [5.41, 5.74) is -1.36. The molecule has 0 aromatic carbocycles. The van der Waals surface area contributed by atoms with Crippen LogP contribution in [0.25, 0.3) is 0 Å². The van der Waals surface area contributed by atoms with E-state index in [-0.39, 0.29) is 5.78 Å². The minimum absolute atomic E-state index is 0.149. The average molecular weight is 221 g/mol. The number of ketones is 1. The summed E-state index contributed by atoms with van der Waals surface area (Å²) in [6, 6.07) is 0. The molecule has 1 fully saturated rings. The molecule has 13 heavy (non-hydrogen) atoms. The van der Waals surface area contributed by atoms with Crippen LogP contribution in [-0.2, 0) is 9.53 Å². The van der Waals surface area contributed by atoms with E-state index in [1.54, 1.807) is 13.8 Å². The molecule has 2 rings (SSSR count). The second-order valence-corrected chi connectivity index (χ2v) is 4.80. The number of carbonyl (C=O) groups excluding carboxylic acids is 1. The average Bonchev–Trinajstić information content (AvgIpc) is 2.38. The highest BCUT2D eigenvalue weighted by Gasteiger charge is 2.57. The number of fused-ring (bicyclic) bond motifs is 2. The lowest BCUT2D eigenvalue weighted by molar-refractivity contribution is -0.145. The molecule has 4 heteroatoms. The van der Waals surface area contributed by atoms with Crippen LogP contribution in [0.5, 0.6) is 0 Å². The highest BCUT2D eigenvalue weighted by atomic mass is 35.5. The number of ether oxygens (including phenoxy) is 1. The summed E-state index contributed by atoms with van der Waals surface area (Å²) in [4.78, 5) is 11.6. The zero-order valence-corrected chi connectivity index (χ0v) is 8.89. The summed E-state index contributed by atoms with van der Waals surface area (Å²) in [5, 5.41) is -1.36. The van der Waals surface area contributed by atoms with Gasteiger partial charge in [-0.15, -0.1) is 23.2 Å². The maximum Gasteiger partial charge on any atom is 0.174 e. The van der Waals surface area contributed by atoms with E-state index in [0.717, 1.165) is 0 Å². The first-order valence-corrected chi connectivity index (χ1v) is 4.99. The molecule has 0 N–H and O–H groups in total. The van der Waals surface area contributed by atoms with Crippen molar-refractivity contribution in [2.24, 2.45) is 0 Å². The predicted octanol–water partition coefficient (Wildman–Crippen LogP) is 1.89. The number of alkyl halides is 2. The summed E-state index contributed by atoms with van der Waals surface area (Å²) >= 11 is 11.9. The molecule has 2 heterocycles. The molecule has 0 spiro atoms. The molecule has 0 aromatic heterocycles. The van der Waals surface area contributed by atoms with Gasteiger partial charge in [-0.2, -0.15) is 0 Å². The zero-order chi connectivity index (χ0) is 9.85. The molecule has 0 amide bonds. The SMILES string of the molecule is C[C@]12C=C[C@@](C)(O1)[C@@H](Cl)C(=O)[C@H]2Cl. The maximum absolute atomic E-state index is 11.6. The van der Waals surface area contributed by atoms with Gasteiger partial charge in [-0.3, -0.25) is 4.79 Å². The van der Waals surface area contributed by atoms with Gasteiger partial charge in [0.25, 0.3) is 0 Å². The van der Waals surface area contributed by atoms with Crippen molar-refractivity contribution in [2.45, 2.75) is 35.8 Å². The Hall–Kier alpha value is -0.0500. The summed E-state index contributed by atoms with van der Waals surface area (Å²) < 4.78 is 5.67. The molecule has 72 valence electrons. The van der Waals surface area contributed by atoms with Gasteiger partial charge in [0.1, 0.15) is 22.0 Å². The van der Waals surface area contributed by atoms with E-state index < -0.39 is 22.0 Å². The van der Waals surface area contributed by atoms with Crippen molar-refractivity contribution in [1.29, 1.82) is 0 Å². The molecule has 4 atom stereocenters. The third kappa shape index (κ3) is 1.09. The van der Waals surface area contributed by atoms with Crippen LogP contribution in [0.15, 0.2) is 12.2 Å². The number of hydrogen-bond donors (Lipinski definition) is 0. The Morgan fingerprint density at radius 2 is 1.62 bits per heavy atom. The molecular weight excluding hydrogens is 211 g/mol. The summed E-state index contributed by atoms with van der Waals surface area (Å²) in [6.07, 6.45) is 3.65. The van der Waals surface area contributed by atoms with Crippen LogP contribution < -0.4 is 0 Å². The minimum Gasteiger partial charge on any atom is -0.357 e. The lowest BCUT2D eigenvalue weighted by atomic mass is 9.91. The Balaban J connectivity index is 2.46. The second-order valence-electron chi connectivity index (χ2n) is 3.93. The summed E-state index contributed by atoms with van der Waals surface area (Å²) in [6.45, 7) is 3.60. The Labute approximate surface area is 86.8 Å². The van der Waals surface area contributed by atoms with Crippen LogP contribution in [0.3, 0.4) is 0 Å². The number of rotatable bonds is 0. The number of halogens is 2. The van der Waals surface area contributed by atoms with Crippen molar-refractivity contribution in [3.8, 4) is 0 Å². The van der Waals surface area contributed by atoms with E-state index >= 15 is 0 Å². The van der Waals surface area contributed by atoms with Crippen molar-refractivity contribution in [1.82, 2.24) is 0 Å². The van der Waals surface area contributed by atoms with Crippen molar-refractivity contribution >= 4 is 29.0 Å². The largest absolute Gasteiger partial charge is 0.357 e. The van der Waals surface area contributed by atoms with Gasteiger partial charge in [0, 0.05) is 0 Å². The van der Waals surface area contributed by atoms with Crippen molar-refractivity contribution in [3.05, 3.63) is 12.2 Å². The molecule has 0 saturated carbocycles. The topological polar surface area (TPSA) is 26.3 Å². The van der Waals surface area contributed by atoms with Gasteiger partial charge < -0.3 is 4.74 Å². The highest BCUT2D eigenvalue weighted by molar-refractivity contribution is 6.42. The van der Waals surface area contributed by atoms with Crippen LogP contribution in [0.1, 0.15) is 13.8 Å². The molecule has 0 aliphatic carbocycles. The van der Waals surface area contributed by atoms with Gasteiger partial charge in [-0.05, 0) is 13.8 Å². The van der Waals surface area contributed by atoms with Crippen LogP contribution in [0, 0.1) is 0 Å². The van der Waals surface area contributed by atoms with Crippen LogP contribution in [-0.4, -0.2) is 27.7 Å². The molecule has 0 aromatic rings. The molecule has 1 saturated heterocycles. The molecular formula is C9H10Cl2O2. The van der Waals surface area contributed by atoms with Crippen molar-refractivity contribution < 1.29 is 9.53 Å². The molecule has 2 aliphatic heterocycles. The molecule has 0 radical (unpaired) electrons. The van der Waals surface area contributed by atoms with Crippen molar-refractivity contribution in [3.63, 3.8) is 0 Å². The number of Topliss-reactive ketones (excluding diaryl/α,β-unsaturated/α-hetero) is 1. The Kier molecular flexibility index (Phi) is 1.83. The van der Waals surface area contributed by atoms with E-state index in [1.165, 1.54) is 0 Å². The van der Waals surface area contributed by atoms with Crippen LogP contribution in [0.2, 0.25) is 0 Å². The molecule has 2 aliphatic rings. The normalized spacial score (nSPS) is 54.3. The maximum atomic E-state index is 11.6. The molecule has 0 unspecified atom stereocenters. The fourth-order valence-electron chi connectivity index (χ4n) is 1.84. The quantitative estimate of drug-likeness (QED) is 0.461. The molecule has 2 bridgehead atoms. The number of carbonyl (C=O) groups is 1. The van der Waals surface area contributed by atoms with E-state index in [9.17, 15) is 4.79 Å². The van der Waals surface area contributed by atoms with E-state index in [0.29, 0.717) is 0 Å². The third-order valence-corrected chi connectivity index (χ3v) is 3.99. The smallest absolute Gasteiger partial charge is 0.174 e. The van der Waals surface area contributed by atoms with E-state index in [4.69, 9.17) is 27.9 Å². The Morgan fingerprint density at radius 1 is 1.23 bits per heavy atom. The second kappa shape index (κ2) is 2.50. The van der Waals surface area contributed by atoms with Gasteiger partial charge in [-0.25, -0.2) is 0 Å². The number of hydrogen-bond acceptors (Lipinski definition) is 2. The predicted molar refractivity (Wildman–Crippen MR) is 51.3 cm³/mol. The fraction of sp³-hybridized carbons (Fsp3) is 0.667. The van der Waals surface area contributed by atoms with Gasteiger partial charge in [0.15, 0.2) is 5.78 Å². The first kappa shape index (κ1) is 9.50. The third-order valence-electron chi connectivity index (χ3n) is 2.69.